The molecule has 268 valence electrons. The van der Waals surface area contributed by atoms with Gasteiger partial charge in [-0.1, -0.05) is 145 Å². The van der Waals surface area contributed by atoms with Gasteiger partial charge in [0.15, 0.2) is 0 Å². The Bertz CT molecular complexity index is 2480. The van der Waals surface area contributed by atoms with Crippen LogP contribution in [0.4, 0.5) is 5.69 Å². The Kier molecular flexibility index (Phi) is 10.5. The molecule has 0 bridgehead atoms. The average Bonchev–Trinajstić information content (AvgIpc) is 3.23. The summed E-state index contributed by atoms with van der Waals surface area (Å²) in [5, 5.41) is 0. The van der Waals surface area contributed by atoms with Crippen LogP contribution in [-0.4, -0.2) is 5.71 Å². The number of nitrogens with two attached hydrogens (primary N) is 1. The summed E-state index contributed by atoms with van der Waals surface area (Å²) in [5.41, 5.74) is 26.4. The maximum absolute atomic E-state index is 6.26. The van der Waals surface area contributed by atoms with Crippen molar-refractivity contribution in [2.75, 3.05) is 5.73 Å². The van der Waals surface area contributed by atoms with Crippen LogP contribution in [0.3, 0.4) is 0 Å². The number of hydrogen-bond acceptors (Lipinski definition) is 2. The number of hydrogen-bond donors (Lipinski definition) is 1. The lowest BCUT2D eigenvalue weighted by molar-refractivity contribution is 0.970. The minimum absolute atomic E-state index is 0.757. The van der Waals surface area contributed by atoms with Gasteiger partial charge in [0, 0.05) is 11.4 Å². The van der Waals surface area contributed by atoms with E-state index < -0.39 is 0 Å². The minimum Gasteiger partial charge on any atom is -0.399 e. The van der Waals surface area contributed by atoms with E-state index in [0.717, 1.165) is 53.9 Å². The van der Waals surface area contributed by atoms with Crippen LogP contribution in [0.2, 0.25) is 0 Å². The van der Waals surface area contributed by atoms with Crippen molar-refractivity contribution in [2.45, 2.75) is 39.5 Å². The van der Waals surface area contributed by atoms with Crippen LogP contribution in [0.15, 0.2) is 193 Å². The molecule has 2 nitrogen and oxygen atoms in total. The van der Waals surface area contributed by atoms with E-state index in [9.17, 15) is 0 Å². The van der Waals surface area contributed by atoms with Gasteiger partial charge in [-0.2, -0.15) is 0 Å². The molecule has 1 heterocycles. The lowest BCUT2D eigenvalue weighted by Gasteiger charge is -2.18. The molecule has 0 aliphatic carbocycles. The average molecular weight is 711 g/mol. The van der Waals surface area contributed by atoms with Gasteiger partial charge in [0.2, 0.25) is 0 Å². The molecule has 2 heteroatoms. The van der Waals surface area contributed by atoms with Gasteiger partial charge in [-0.3, -0.25) is 4.99 Å². The number of benzene rings is 7. The molecule has 0 unspecified atom stereocenters. The number of nitrogen functional groups attached to an aromatic ring is 1. The zero-order valence-electron chi connectivity index (χ0n) is 31.7. The molecule has 0 aromatic heterocycles. The summed E-state index contributed by atoms with van der Waals surface area (Å²) in [5.74, 6) is 0. The highest BCUT2D eigenvalue weighted by Gasteiger charge is 2.15. The molecule has 0 saturated carbocycles. The summed E-state index contributed by atoms with van der Waals surface area (Å²) in [6.45, 7) is 4.53. The summed E-state index contributed by atoms with van der Waals surface area (Å²) in [6.07, 6.45) is 5.91. The van der Waals surface area contributed by atoms with E-state index >= 15 is 0 Å². The van der Waals surface area contributed by atoms with Crippen molar-refractivity contribution in [1.29, 1.82) is 0 Å². The second-order valence-electron chi connectivity index (χ2n) is 14.6. The molecule has 1 aliphatic heterocycles. The summed E-state index contributed by atoms with van der Waals surface area (Å²) in [4.78, 5) is 5.30. The van der Waals surface area contributed by atoms with Gasteiger partial charge < -0.3 is 5.73 Å². The third kappa shape index (κ3) is 8.35. The Morgan fingerprint density at radius 1 is 0.400 bits per heavy atom. The fourth-order valence-electron chi connectivity index (χ4n) is 7.77. The predicted molar refractivity (Wildman–Crippen MR) is 236 cm³/mol. The highest BCUT2D eigenvalue weighted by molar-refractivity contribution is 6.04. The monoisotopic (exact) mass is 710 g/mol. The summed E-state index contributed by atoms with van der Waals surface area (Å²) < 4.78 is 0. The Morgan fingerprint density at radius 2 is 0.873 bits per heavy atom. The van der Waals surface area contributed by atoms with Crippen molar-refractivity contribution < 1.29 is 0 Å². The molecule has 0 fully saturated rings. The van der Waals surface area contributed by atoms with Gasteiger partial charge in [-0.15, -0.1) is 0 Å². The van der Waals surface area contributed by atoms with Crippen molar-refractivity contribution in [1.82, 2.24) is 0 Å². The third-order valence-electron chi connectivity index (χ3n) is 10.6. The first-order chi connectivity index (χ1) is 27.0. The van der Waals surface area contributed by atoms with Crippen molar-refractivity contribution in [3.63, 3.8) is 0 Å². The first-order valence-electron chi connectivity index (χ1n) is 19.3. The number of aryl methyl sites for hydroxylation is 1. The highest BCUT2D eigenvalue weighted by Crippen LogP contribution is 2.37. The normalized spacial score (nSPS) is 16.8. The Balaban J connectivity index is 1.16. The fourth-order valence-corrected chi connectivity index (χ4v) is 7.77. The van der Waals surface area contributed by atoms with Crippen LogP contribution in [0.25, 0.3) is 55.8 Å². The Hall–Kier alpha value is -6.51. The molecule has 0 radical (unpaired) electrons. The molecule has 55 heavy (non-hydrogen) atoms. The molecule has 0 saturated heterocycles. The second kappa shape index (κ2) is 16.2. The first-order valence-corrected chi connectivity index (χ1v) is 19.3. The van der Waals surface area contributed by atoms with E-state index in [1.165, 1.54) is 66.8 Å². The fraction of sp³-hybridized carbons (Fsp3) is 0.113. The molecule has 1 aliphatic rings. The maximum Gasteiger partial charge on any atom is 0.0665 e. The van der Waals surface area contributed by atoms with E-state index in [1.54, 1.807) is 0 Å². The van der Waals surface area contributed by atoms with Crippen molar-refractivity contribution in [2.24, 2.45) is 4.99 Å². The van der Waals surface area contributed by atoms with E-state index in [2.05, 4.69) is 184 Å². The quantitative estimate of drug-likeness (QED) is 0.164. The zero-order valence-corrected chi connectivity index (χ0v) is 31.7. The lowest BCUT2D eigenvalue weighted by Crippen LogP contribution is -2.05. The predicted octanol–water partition coefficient (Wildman–Crippen LogP) is 14.1. The van der Waals surface area contributed by atoms with Crippen LogP contribution in [-0.2, 0) is 0 Å². The van der Waals surface area contributed by atoms with Gasteiger partial charge in [0.25, 0.3) is 0 Å². The van der Waals surface area contributed by atoms with E-state index in [4.69, 9.17) is 10.7 Å². The van der Waals surface area contributed by atoms with Crippen LogP contribution in [0, 0.1) is 6.92 Å². The van der Waals surface area contributed by atoms with Gasteiger partial charge in [0.05, 0.1) is 5.70 Å². The molecule has 0 spiro atoms. The topological polar surface area (TPSA) is 38.4 Å². The minimum atomic E-state index is 0.757. The van der Waals surface area contributed by atoms with Crippen LogP contribution < -0.4 is 5.73 Å². The standard InChI is InChI=1S/C53H46N2/c1-37-29-45(42-21-12-22-43(31-42)48-33-46(39-15-6-3-7-16-39)32-47(34-48)40-17-8-4-9-18-40)35-49(30-37)51-25-14-26-52(41-19-10-5-11-20-41)55-53(28-27-38(51)2)44-23-13-24-50(54)36-44/h3-13,15-24,26,29-36H,14,25,27-28,54H2,1-2H3/b51-38+,52-26-,55-53+. The lowest BCUT2D eigenvalue weighted by atomic mass is 9.88. The molecular formula is C53H46N2. The maximum atomic E-state index is 6.26. The van der Waals surface area contributed by atoms with Crippen molar-refractivity contribution in [3.8, 4) is 44.5 Å². The second-order valence-corrected chi connectivity index (χ2v) is 14.6. The van der Waals surface area contributed by atoms with Crippen molar-refractivity contribution in [3.05, 3.63) is 210 Å². The van der Waals surface area contributed by atoms with Crippen LogP contribution in [0.5, 0.6) is 0 Å². The van der Waals surface area contributed by atoms with Gasteiger partial charge in [-0.25, -0.2) is 0 Å². The van der Waals surface area contributed by atoms with E-state index in [0.29, 0.717) is 0 Å². The molecule has 0 amide bonds. The molecule has 0 atom stereocenters. The number of nitrogens with zero attached hydrogens (tertiary/aromatic N) is 1. The summed E-state index contributed by atoms with van der Waals surface area (Å²) in [6, 6.07) is 63.2. The molecule has 8 rings (SSSR count). The number of aliphatic imine (C=N–C) groups is 1. The number of rotatable bonds is 7. The largest absolute Gasteiger partial charge is 0.399 e. The Labute approximate surface area is 326 Å². The molecular weight excluding hydrogens is 665 g/mol. The molecule has 2 N–H and O–H groups in total. The molecule has 7 aromatic rings. The smallest absolute Gasteiger partial charge is 0.0665 e. The highest BCUT2D eigenvalue weighted by atomic mass is 14.8. The van der Waals surface area contributed by atoms with Crippen molar-refractivity contribution >= 4 is 22.7 Å². The first kappa shape index (κ1) is 35.5. The van der Waals surface area contributed by atoms with Gasteiger partial charge >= 0.3 is 0 Å². The Morgan fingerprint density at radius 3 is 1.49 bits per heavy atom. The van der Waals surface area contributed by atoms with Crippen LogP contribution in [0.1, 0.15) is 54.9 Å². The van der Waals surface area contributed by atoms with Gasteiger partial charge in [-0.05, 0) is 154 Å². The zero-order chi connectivity index (χ0) is 37.6. The molecule has 7 aromatic carbocycles. The number of allylic oxidation sites excluding steroid dienone is 3. The van der Waals surface area contributed by atoms with E-state index in [-0.39, 0.29) is 0 Å². The number of anilines is 1. The third-order valence-corrected chi connectivity index (χ3v) is 10.6. The van der Waals surface area contributed by atoms with Gasteiger partial charge in [0.1, 0.15) is 0 Å². The SMILES string of the molecule is C/C1=C(\c2cc(C)cc(-c3cccc(-c4cc(-c5ccccc5)cc(-c5ccccc5)c4)c3)c2)CC/C=C(c2ccccc2)\N=C(\c2cccc(N)c2)CC1. The summed E-state index contributed by atoms with van der Waals surface area (Å²) in [7, 11) is 0. The van der Waals surface area contributed by atoms with Crippen LogP contribution >= 0.6 is 0 Å². The summed E-state index contributed by atoms with van der Waals surface area (Å²) >= 11 is 0. The van der Waals surface area contributed by atoms with E-state index in [1.807, 2.05) is 12.1 Å².